The molecule has 2 aromatic carbocycles. The molecule has 1 N–H and O–H groups in total. The van der Waals surface area contributed by atoms with Gasteiger partial charge < -0.3 is 14.4 Å². The van der Waals surface area contributed by atoms with Crippen LogP contribution in [0.2, 0.25) is 0 Å². The summed E-state index contributed by atoms with van der Waals surface area (Å²) >= 11 is 0. The lowest BCUT2D eigenvalue weighted by molar-refractivity contribution is -0.0224. The molecule has 1 saturated carbocycles. The molecule has 1 fully saturated rings. The highest BCUT2D eigenvalue weighted by molar-refractivity contribution is 6.05. The molecule has 1 aromatic heterocycles. The van der Waals surface area contributed by atoms with Crippen molar-refractivity contribution in [3.05, 3.63) is 58.7 Å². The number of aliphatic hydroxyl groups is 1. The Hall–Kier alpha value is -3.06. The standard InChI is InChI=1S/C25H26FN3O3/c1-13-17(23-28-27-14(2)32-23)10-11-19(21(13)26)18-7-5-6-16-12-29(24(30)20(16)18)22(15-8-9-15)25(3,4)31/h5-7,10-11,15,22,31H,8-9,12H2,1-4H3/t22-/m1/s1. The van der Waals surface area contributed by atoms with Crippen LogP contribution in [0.3, 0.4) is 0 Å². The van der Waals surface area contributed by atoms with E-state index in [4.69, 9.17) is 4.42 Å². The van der Waals surface area contributed by atoms with Crippen LogP contribution in [0.15, 0.2) is 34.7 Å². The average molecular weight is 435 g/mol. The summed E-state index contributed by atoms with van der Waals surface area (Å²) in [4.78, 5) is 15.3. The third-order valence-corrected chi connectivity index (χ3v) is 6.53. The summed E-state index contributed by atoms with van der Waals surface area (Å²) in [6, 6.07) is 8.70. The highest BCUT2D eigenvalue weighted by Crippen LogP contribution is 2.44. The maximum atomic E-state index is 15.6. The molecule has 1 aliphatic heterocycles. The average Bonchev–Trinajstić information content (AvgIpc) is 3.37. The number of carbonyl (C=O) groups is 1. The first kappa shape index (κ1) is 20.8. The summed E-state index contributed by atoms with van der Waals surface area (Å²) in [6.07, 6.45) is 2.01. The number of carbonyl (C=O) groups excluding carboxylic acids is 1. The fourth-order valence-electron chi connectivity index (χ4n) is 4.99. The second kappa shape index (κ2) is 7.24. The van der Waals surface area contributed by atoms with E-state index in [1.807, 2.05) is 12.1 Å². The van der Waals surface area contributed by atoms with Gasteiger partial charge in [-0.2, -0.15) is 0 Å². The predicted octanol–water partition coefficient (Wildman–Crippen LogP) is 4.66. The van der Waals surface area contributed by atoms with Crippen molar-refractivity contribution < 1.29 is 18.7 Å². The van der Waals surface area contributed by atoms with Gasteiger partial charge in [-0.15, -0.1) is 10.2 Å². The summed E-state index contributed by atoms with van der Waals surface area (Å²) in [7, 11) is 0. The van der Waals surface area contributed by atoms with Gasteiger partial charge in [0, 0.05) is 24.6 Å². The maximum Gasteiger partial charge on any atom is 0.255 e. The van der Waals surface area contributed by atoms with E-state index in [1.165, 1.54) is 0 Å². The lowest BCUT2D eigenvalue weighted by Gasteiger charge is -2.37. The minimum Gasteiger partial charge on any atom is -0.421 e. The van der Waals surface area contributed by atoms with Crippen molar-refractivity contribution in [2.75, 3.05) is 0 Å². The van der Waals surface area contributed by atoms with Gasteiger partial charge in [-0.05, 0) is 62.3 Å². The van der Waals surface area contributed by atoms with Crippen LogP contribution in [0.4, 0.5) is 4.39 Å². The number of nitrogens with zero attached hydrogens (tertiary/aromatic N) is 3. The van der Waals surface area contributed by atoms with Crippen LogP contribution in [0.5, 0.6) is 0 Å². The number of hydrogen-bond acceptors (Lipinski definition) is 5. The number of halogens is 1. The molecule has 32 heavy (non-hydrogen) atoms. The van der Waals surface area contributed by atoms with E-state index < -0.39 is 11.4 Å². The zero-order valence-electron chi connectivity index (χ0n) is 18.6. The van der Waals surface area contributed by atoms with Gasteiger partial charge in [0.25, 0.3) is 5.91 Å². The van der Waals surface area contributed by atoms with E-state index in [1.54, 1.807) is 50.8 Å². The number of aromatic nitrogens is 2. The third-order valence-electron chi connectivity index (χ3n) is 6.53. The van der Waals surface area contributed by atoms with E-state index in [2.05, 4.69) is 10.2 Å². The Bertz CT molecular complexity index is 1220. The first-order valence-corrected chi connectivity index (χ1v) is 10.9. The van der Waals surface area contributed by atoms with Crippen molar-refractivity contribution in [3.8, 4) is 22.6 Å². The summed E-state index contributed by atoms with van der Waals surface area (Å²) in [5.41, 5.74) is 2.21. The SMILES string of the molecule is Cc1nnc(-c2ccc(-c3cccc4c3C(=O)N([C@H](C3CC3)C(C)(C)O)C4)c(F)c2C)o1. The summed E-state index contributed by atoms with van der Waals surface area (Å²) < 4.78 is 21.0. The van der Waals surface area contributed by atoms with Gasteiger partial charge in [-0.25, -0.2) is 4.39 Å². The number of amides is 1. The molecule has 7 heteroatoms. The molecule has 166 valence electrons. The molecule has 1 amide bonds. The monoisotopic (exact) mass is 435 g/mol. The number of fused-ring (bicyclic) bond motifs is 1. The lowest BCUT2D eigenvalue weighted by atomic mass is 9.92. The van der Waals surface area contributed by atoms with Crippen LogP contribution in [-0.2, 0) is 6.54 Å². The Balaban J connectivity index is 1.57. The van der Waals surface area contributed by atoms with E-state index in [9.17, 15) is 9.90 Å². The highest BCUT2D eigenvalue weighted by atomic mass is 19.1. The minimum absolute atomic E-state index is 0.150. The van der Waals surface area contributed by atoms with E-state index in [0.717, 1.165) is 18.4 Å². The fraction of sp³-hybridized carbons (Fsp3) is 0.400. The van der Waals surface area contributed by atoms with Gasteiger partial charge in [0.05, 0.1) is 17.2 Å². The first-order valence-electron chi connectivity index (χ1n) is 10.9. The Labute approximate surface area is 186 Å². The lowest BCUT2D eigenvalue weighted by Crippen LogP contribution is -2.51. The van der Waals surface area contributed by atoms with Crippen molar-refractivity contribution >= 4 is 5.91 Å². The maximum absolute atomic E-state index is 15.6. The van der Waals surface area contributed by atoms with Crippen LogP contribution < -0.4 is 0 Å². The molecular weight excluding hydrogens is 409 g/mol. The van der Waals surface area contributed by atoms with Gasteiger partial charge >= 0.3 is 0 Å². The minimum atomic E-state index is -1.01. The largest absolute Gasteiger partial charge is 0.421 e. The fourth-order valence-corrected chi connectivity index (χ4v) is 4.99. The highest BCUT2D eigenvalue weighted by Gasteiger charge is 2.48. The van der Waals surface area contributed by atoms with Gasteiger partial charge in [-0.1, -0.05) is 24.3 Å². The molecule has 6 nitrogen and oxygen atoms in total. The zero-order valence-corrected chi connectivity index (χ0v) is 18.6. The number of rotatable bonds is 5. The van der Waals surface area contributed by atoms with Gasteiger partial charge in [0.2, 0.25) is 11.8 Å². The van der Waals surface area contributed by atoms with E-state index in [-0.39, 0.29) is 17.8 Å². The molecule has 1 aliphatic carbocycles. The Morgan fingerprint density at radius 3 is 2.47 bits per heavy atom. The van der Waals surface area contributed by atoms with E-state index in [0.29, 0.717) is 46.2 Å². The molecule has 0 radical (unpaired) electrons. The van der Waals surface area contributed by atoms with Crippen LogP contribution in [0.1, 0.15) is 54.1 Å². The van der Waals surface area contributed by atoms with Crippen LogP contribution in [0.25, 0.3) is 22.6 Å². The first-order chi connectivity index (χ1) is 15.2. The molecule has 2 aliphatic rings. The topological polar surface area (TPSA) is 79.5 Å². The molecule has 2 heterocycles. The number of hydrogen-bond donors (Lipinski definition) is 1. The van der Waals surface area contributed by atoms with Gasteiger partial charge in [-0.3, -0.25) is 4.79 Å². The van der Waals surface area contributed by atoms with Crippen LogP contribution >= 0.6 is 0 Å². The Kier molecular flexibility index (Phi) is 4.71. The van der Waals surface area contributed by atoms with Crippen molar-refractivity contribution in [2.45, 2.75) is 58.7 Å². The van der Waals surface area contributed by atoms with E-state index >= 15 is 4.39 Å². The van der Waals surface area contributed by atoms with Crippen molar-refractivity contribution in [1.82, 2.24) is 15.1 Å². The summed E-state index contributed by atoms with van der Waals surface area (Å²) in [6.45, 7) is 7.29. The zero-order chi connectivity index (χ0) is 22.8. The molecule has 0 unspecified atom stereocenters. The molecule has 5 rings (SSSR count). The Morgan fingerprint density at radius 1 is 1.12 bits per heavy atom. The molecule has 1 atom stereocenters. The molecule has 0 saturated heterocycles. The summed E-state index contributed by atoms with van der Waals surface area (Å²) in [5, 5.41) is 18.6. The normalized spacial score (nSPS) is 17.1. The van der Waals surface area contributed by atoms with Crippen molar-refractivity contribution in [2.24, 2.45) is 5.92 Å². The van der Waals surface area contributed by atoms with Crippen LogP contribution in [0, 0.1) is 25.6 Å². The third kappa shape index (κ3) is 3.32. The molecule has 0 bridgehead atoms. The second-order valence-electron chi connectivity index (χ2n) is 9.43. The second-order valence-corrected chi connectivity index (χ2v) is 9.43. The van der Waals surface area contributed by atoms with Crippen LogP contribution in [-0.4, -0.2) is 37.8 Å². The molecule has 3 aromatic rings. The number of benzene rings is 2. The van der Waals surface area contributed by atoms with Crippen molar-refractivity contribution in [1.29, 1.82) is 0 Å². The predicted molar refractivity (Wildman–Crippen MR) is 117 cm³/mol. The molecule has 0 spiro atoms. The smallest absolute Gasteiger partial charge is 0.255 e. The van der Waals surface area contributed by atoms with Gasteiger partial charge in [0.15, 0.2) is 0 Å². The van der Waals surface area contributed by atoms with Gasteiger partial charge in [0.1, 0.15) is 5.82 Å². The Morgan fingerprint density at radius 2 is 1.84 bits per heavy atom. The quantitative estimate of drug-likeness (QED) is 0.630. The molecular formula is C25H26FN3O3. The summed E-state index contributed by atoms with van der Waals surface area (Å²) in [5.74, 6) is 0.409. The van der Waals surface area contributed by atoms with Crippen molar-refractivity contribution in [3.63, 3.8) is 0 Å². The number of aryl methyl sites for hydroxylation is 1.